The molecule has 8 nitrogen and oxygen atoms in total. The summed E-state index contributed by atoms with van der Waals surface area (Å²) in [6.07, 6.45) is 0. The minimum atomic E-state index is -0.436. The van der Waals surface area contributed by atoms with Crippen molar-refractivity contribution in [1.82, 2.24) is 19.1 Å². The van der Waals surface area contributed by atoms with Gasteiger partial charge in [0, 0.05) is 14.1 Å². The van der Waals surface area contributed by atoms with Crippen LogP contribution in [0.1, 0.15) is 0 Å². The highest BCUT2D eigenvalue weighted by molar-refractivity contribution is 5.74. The monoisotopic (exact) mass is 265 g/mol. The standard InChI is InChI=1S/C11H16N6O2/c1-15-7-8(16(2)11(19)14-9(7)18)13-10(15)17-5-3-12-4-6-17/h12H,3-6H2,1-2H3,(H,14,18,19)/p+1. The second kappa shape index (κ2) is 4.23. The molecule has 0 unspecified atom stereocenters. The van der Waals surface area contributed by atoms with Gasteiger partial charge in [-0.15, -0.1) is 0 Å². The van der Waals surface area contributed by atoms with Crippen LogP contribution in [0.4, 0.5) is 5.95 Å². The third kappa shape index (κ3) is 1.75. The Bertz CT molecular complexity index is 734. The zero-order valence-electron chi connectivity index (χ0n) is 11.0. The number of hydrogen-bond donors (Lipinski definition) is 2. The first-order valence-electron chi connectivity index (χ1n) is 6.32. The number of rotatable bonds is 1. The van der Waals surface area contributed by atoms with E-state index in [9.17, 15) is 9.59 Å². The van der Waals surface area contributed by atoms with Gasteiger partial charge in [-0.2, -0.15) is 4.98 Å². The van der Waals surface area contributed by atoms with Crippen LogP contribution in [-0.4, -0.2) is 45.3 Å². The number of nitrogens with zero attached hydrogens (tertiary/aromatic N) is 4. The van der Waals surface area contributed by atoms with E-state index in [1.807, 2.05) is 7.05 Å². The van der Waals surface area contributed by atoms with Crippen LogP contribution in [0.2, 0.25) is 0 Å². The molecule has 0 aliphatic carbocycles. The number of aromatic nitrogens is 4. The summed E-state index contributed by atoms with van der Waals surface area (Å²) in [6.45, 7) is 3.81. The number of H-pyrrole nitrogens is 1. The molecule has 0 spiro atoms. The fraction of sp³-hybridized carbons (Fsp3) is 0.545. The lowest BCUT2D eigenvalue weighted by Crippen LogP contribution is -2.89. The summed E-state index contributed by atoms with van der Waals surface area (Å²) < 4.78 is 3.13. The van der Waals surface area contributed by atoms with E-state index < -0.39 is 5.69 Å². The second-order valence-electron chi connectivity index (χ2n) is 4.81. The fourth-order valence-electron chi connectivity index (χ4n) is 2.53. The fourth-order valence-corrected chi connectivity index (χ4v) is 2.53. The Morgan fingerprint density at radius 3 is 2.53 bits per heavy atom. The largest absolute Gasteiger partial charge is 0.343 e. The van der Waals surface area contributed by atoms with Crippen molar-refractivity contribution >= 4 is 17.1 Å². The molecule has 0 bridgehead atoms. The molecule has 1 aliphatic rings. The van der Waals surface area contributed by atoms with Crippen molar-refractivity contribution in [3.8, 4) is 0 Å². The van der Waals surface area contributed by atoms with Crippen molar-refractivity contribution in [2.45, 2.75) is 0 Å². The van der Waals surface area contributed by atoms with Gasteiger partial charge in [0.15, 0.2) is 11.2 Å². The third-order valence-corrected chi connectivity index (χ3v) is 3.60. The maximum absolute atomic E-state index is 11.9. The third-order valence-electron chi connectivity index (χ3n) is 3.60. The average Bonchev–Trinajstić information content (AvgIpc) is 2.76. The van der Waals surface area contributed by atoms with E-state index >= 15 is 0 Å². The van der Waals surface area contributed by atoms with Crippen molar-refractivity contribution in [3.63, 3.8) is 0 Å². The van der Waals surface area contributed by atoms with Gasteiger partial charge in [-0.3, -0.25) is 14.3 Å². The van der Waals surface area contributed by atoms with E-state index in [-0.39, 0.29) is 5.56 Å². The van der Waals surface area contributed by atoms with Crippen LogP contribution in [0.5, 0.6) is 0 Å². The molecule has 0 amide bonds. The van der Waals surface area contributed by atoms with E-state index in [1.165, 1.54) is 4.57 Å². The molecule has 3 rings (SSSR count). The summed E-state index contributed by atoms with van der Waals surface area (Å²) in [4.78, 5) is 32.4. The first-order valence-corrected chi connectivity index (χ1v) is 6.32. The number of aryl methyl sites for hydroxylation is 2. The first kappa shape index (κ1) is 12.0. The molecule has 19 heavy (non-hydrogen) atoms. The quantitative estimate of drug-likeness (QED) is 0.589. The highest BCUT2D eigenvalue weighted by Gasteiger charge is 2.21. The number of nitrogens with one attached hydrogen (secondary N) is 1. The van der Waals surface area contributed by atoms with Crippen molar-refractivity contribution < 1.29 is 5.32 Å². The van der Waals surface area contributed by atoms with Gasteiger partial charge in [-0.25, -0.2) is 4.79 Å². The van der Waals surface area contributed by atoms with E-state index in [0.29, 0.717) is 11.2 Å². The van der Waals surface area contributed by atoms with Gasteiger partial charge in [0.2, 0.25) is 5.95 Å². The highest BCUT2D eigenvalue weighted by atomic mass is 16.2. The Hall–Kier alpha value is -2.09. The molecule has 8 heteroatoms. The highest BCUT2D eigenvalue weighted by Crippen LogP contribution is 2.17. The van der Waals surface area contributed by atoms with Crippen LogP contribution in [0.15, 0.2) is 9.59 Å². The van der Waals surface area contributed by atoms with Gasteiger partial charge in [0.25, 0.3) is 5.56 Å². The molecule has 3 N–H and O–H groups in total. The number of nitrogens with two attached hydrogens (primary N) is 1. The second-order valence-corrected chi connectivity index (χ2v) is 4.81. The molecule has 2 aromatic heterocycles. The Labute approximate surface area is 108 Å². The predicted molar refractivity (Wildman–Crippen MR) is 70.4 cm³/mol. The SMILES string of the molecule is Cn1c(N2CC[NH2+]CC2)nc2c1c(=O)[nH]c(=O)n2C. The number of aromatic amines is 1. The average molecular weight is 265 g/mol. The van der Waals surface area contributed by atoms with Gasteiger partial charge < -0.3 is 14.8 Å². The summed E-state index contributed by atoms with van der Waals surface area (Å²) in [6, 6.07) is 0. The minimum Gasteiger partial charge on any atom is -0.343 e. The number of piperazine rings is 1. The summed E-state index contributed by atoms with van der Waals surface area (Å²) in [7, 11) is 3.42. The summed E-state index contributed by atoms with van der Waals surface area (Å²) >= 11 is 0. The Morgan fingerprint density at radius 2 is 1.84 bits per heavy atom. The number of hydrogen-bond acceptors (Lipinski definition) is 4. The smallest absolute Gasteiger partial charge is 0.329 e. The van der Waals surface area contributed by atoms with Crippen molar-refractivity contribution in [2.24, 2.45) is 14.1 Å². The molecule has 3 heterocycles. The maximum Gasteiger partial charge on any atom is 0.329 e. The predicted octanol–water partition coefficient (Wildman–Crippen LogP) is -2.66. The lowest BCUT2D eigenvalue weighted by Gasteiger charge is -2.25. The van der Waals surface area contributed by atoms with Gasteiger partial charge in [-0.05, 0) is 0 Å². The molecule has 102 valence electrons. The topological polar surface area (TPSA) is 92.5 Å². The Balaban J connectivity index is 2.25. The molecule has 0 atom stereocenters. The van der Waals surface area contributed by atoms with E-state index in [1.54, 1.807) is 11.6 Å². The van der Waals surface area contributed by atoms with E-state index in [0.717, 1.165) is 32.1 Å². The number of quaternary nitrogens is 1. The summed E-state index contributed by atoms with van der Waals surface area (Å²) in [5, 5.41) is 2.25. The summed E-state index contributed by atoms with van der Waals surface area (Å²) in [5.41, 5.74) is 0.0458. The van der Waals surface area contributed by atoms with Crippen LogP contribution in [0, 0.1) is 0 Å². The zero-order chi connectivity index (χ0) is 13.6. The van der Waals surface area contributed by atoms with Crippen LogP contribution in [0.3, 0.4) is 0 Å². The lowest BCUT2D eigenvalue weighted by atomic mass is 10.4. The van der Waals surface area contributed by atoms with Crippen LogP contribution in [0.25, 0.3) is 11.2 Å². The van der Waals surface area contributed by atoms with E-state index in [2.05, 4.69) is 20.2 Å². The van der Waals surface area contributed by atoms with Crippen molar-refractivity contribution in [3.05, 3.63) is 20.8 Å². The van der Waals surface area contributed by atoms with Crippen LogP contribution >= 0.6 is 0 Å². The number of fused-ring (bicyclic) bond motifs is 1. The van der Waals surface area contributed by atoms with Gasteiger partial charge >= 0.3 is 5.69 Å². The van der Waals surface area contributed by atoms with Crippen LogP contribution < -0.4 is 21.5 Å². The van der Waals surface area contributed by atoms with Crippen molar-refractivity contribution in [1.29, 1.82) is 0 Å². The molecule has 0 aromatic carbocycles. The molecule has 0 radical (unpaired) electrons. The van der Waals surface area contributed by atoms with Gasteiger partial charge in [0.05, 0.1) is 26.2 Å². The van der Waals surface area contributed by atoms with Gasteiger partial charge in [-0.1, -0.05) is 0 Å². The molecule has 1 fully saturated rings. The van der Waals surface area contributed by atoms with Gasteiger partial charge in [0.1, 0.15) is 0 Å². The van der Waals surface area contributed by atoms with Crippen molar-refractivity contribution in [2.75, 3.05) is 31.1 Å². The molecule has 1 aliphatic heterocycles. The Kier molecular flexibility index (Phi) is 2.67. The molecule has 1 saturated heterocycles. The molecule has 2 aromatic rings. The van der Waals surface area contributed by atoms with E-state index in [4.69, 9.17) is 0 Å². The first-order chi connectivity index (χ1) is 9.09. The molecular formula is C11H17N6O2+. The number of anilines is 1. The molecule has 0 saturated carbocycles. The minimum absolute atomic E-state index is 0.386. The molecular weight excluding hydrogens is 248 g/mol. The maximum atomic E-state index is 11.9. The lowest BCUT2D eigenvalue weighted by molar-refractivity contribution is -0.655. The van der Waals surface area contributed by atoms with Crippen LogP contribution in [-0.2, 0) is 14.1 Å². The number of imidazole rings is 1. The Morgan fingerprint density at radius 1 is 1.16 bits per heavy atom. The normalized spacial score (nSPS) is 16.2. The summed E-state index contributed by atoms with van der Waals surface area (Å²) in [5.74, 6) is 0.745. The zero-order valence-corrected chi connectivity index (χ0v) is 11.0.